The maximum absolute atomic E-state index is 13.5. The maximum Gasteiger partial charge on any atom is 0.295 e. The van der Waals surface area contributed by atoms with Crippen LogP contribution in [0, 0.1) is 10.1 Å². The standard InChI is InChI=1S/C30H27N3O8/c1-39-19-9-10-22-21(15-19)18(16-31-22)12-13-32-27(20-6-4-5-7-23(20)33(37)38)26(29(35)30(32)36)28(34)17-8-11-24(40-2)25(14-17)41-3/h4-11,14-16,27,31,34H,12-13H2,1-3H3/b28-26-. The summed E-state index contributed by atoms with van der Waals surface area (Å²) in [6.45, 7) is 0.0498. The Hall–Kier alpha value is -5.32. The van der Waals surface area contributed by atoms with E-state index in [-0.39, 0.29) is 28.9 Å². The lowest BCUT2D eigenvalue weighted by atomic mass is 9.94. The summed E-state index contributed by atoms with van der Waals surface area (Å²) in [7, 11) is 4.45. The number of rotatable bonds is 9. The number of nitro groups is 1. The Morgan fingerprint density at radius 2 is 1.76 bits per heavy atom. The third-order valence-electron chi connectivity index (χ3n) is 7.22. The van der Waals surface area contributed by atoms with Gasteiger partial charge in [0.2, 0.25) is 0 Å². The van der Waals surface area contributed by atoms with Crippen LogP contribution in [0.4, 0.5) is 5.69 Å². The monoisotopic (exact) mass is 557 g/mol. The number of nitrogens with one attached hydrogen (secondary N) is 1. The van der Waals surface area contributed by atoms with Crippen molar-refractivity contribution in [2.24, 2.45) is 0 Å². The number of likely N-dealkylation sites (tertiary alicyclic amines) is 1. The molecule has 4 aromatic rings. The van der Waals surface area contributed by atoms with Gasteiger partial charge in [-0.05, 0) is 54.4 Å². The van der Waals surface area contributed by atoms with Crippen LogP contribution in [0.1, 0.15) is 22.7 Å². The first kappa shape index (κ1) is 27.3. The van der Waals surface area contributed by atoms with Crippen molar-refractivity contribution in [2.45, 2.75) is 12.5 Å². The number of aromatic amines is 1. The van der Waals surface area contributed by atoms with E-state index in [2.05, 4.69) is 4.98 Å². The number of hydrogen-bond acceptors (Lipinski definition) is 8. The van der Waals surface area contributed by atoms with E-state index in [1.54, 1.807) is 19.2 Å². The Morgan fingerprint density at radius 1 is 1.00 bits per heavy atom. The predicted octanol–water partition coefficient (Wildman–Crippen LogP) is 4.77. The third-order valence-corrected chi connectivity index (χ3v) is 7.22. The van der Waals surface area contributed by atoms with Gasteiger partial charge in [0.05, 0.1) is 43.4 Å². The number of nitro benzene ring substituents is 1. The fourth-order valence-electron chi connectivity index (χ4n) is 5.19. The van der Waals surface area contributed by atoms with Gasteiger partial charge in [-0.15, -0.1) is 0 Å². The molecule has 1 atom stereocenters. The van der Waals surface area contributed by atoms with Crippen molar-refractivity contribution in [3.63, 3.8) is 0 Å². The van der Waals surface area contributed by atoms with Gasteiger partial charge in [-0.2, -0.15) is 0 Å². The number of carbonyl (C=O) groups excluding carboxylic acids is 2. The van der Waals surface area contributed by atoms with Crippen molar-refractivity contribution in [1.82, 2.24) is 9.88 Å². The zero-order valence-electron chi connectivity index (χ0n) is 22.5. The fourth-order valence-corrected chi connectivity index (χ4v) is 5.19. The number of fused-ring (bicyclic) bond motifs is 1. The van der Waals surface area contributed by atoms with Crippen LogP contribution in [0.15, 0.2) is 72.4 Å². The molecule has 0 aliphatic carbocycles. The largest absolute Gasteiger partial charge is 0.507 e. The number of aliphatic hydroxyl groups excluding tert-OH is 1. The van der Waals surface area contributed by atoms with E-state index in [0.717, 1.165) is 16.5 Å². The number of carbonyl (C=O) groups is 2. The van der Waals surface area contributed by atoms with Crippen LogP contribution in [-0.4, -0.2) is 59.5 Å². The quantitative estimate of drug-likeness (QED) is 0.0985. The molecule has 11 heteroatoms. The summed E-state index contributed by atoms with van der Waals surface area (Å²) in [5, 5.41) is 24.3. The second kappa shape index (κ2) is 11.0. The second-order valence-electron chi connectivity index (χ2n) is 9.35. The molecule has 41 heavy (non-hydrogen) atoms. The number of aromatic nitrogens is 1. The number of benzene rings is 3. The van der Waals surface area contributed by atoms with Gasteiger partial charge in [-0.25, -0.2) is 0 Å². The lowest BCUT2D eigenvalue weighted by Gasteiger charge is -2.25. The van der Waals surface area contributed by atoms with E-state index >= 15 is 0 Å². The van der Waals surface area contributed by atoms with Crippen molar-refractivity contribution < 1.29 is 33.8 Å². The molecule has 1 aliphatic rings. The summed E-state index contributed by atoms with van der Waals surface area (Å²) >= 11 is 0. The SMILES string of the molecule is COc1ccc2[nH]cc(CCN3C(=O)C(=O)/C(=C(\O)c4ccc(OC)c(OC)c4)C3c3ccccc3[N+](=O)[O-])c2c1. The average molecular weight is 558 g/mol. The summed E-state index contributed by atoms with van der Waals surface area (Å²) in [5.41, 5.74) is 1.50. The van der Waals surface area contributed by atoms with E-state index in [1.807, 2.05) is 24.4 Å². The van der Waals surface area contributed by atoms with E-state index in [0.29, 0.717) is 23.7 Å². The van der Waals surface area contributed by atoms with E-state index in [9.17, 15) is 24.8 Å². The first-order valence-electron chi connectivity index (χ1n) is 12.7. The molecule has 5 rings (SSSR count). The highest BCUT2D eigenvalue weighted by molar-refractivity contribution is 6.46. The van der Waals surface area contributed by atoms with Crippen molar-refractivity contribution in [2.75, 3.05) is 27.9 Å². The summed E-state index contributed by atoms with van der Waals surface area (Å²) in [6, 6.07) is 14.8. The minimum atomic E-state index is -1.20. The molecule has 0 saturated carbocycles. The molecule has 1 unspecified atom stereocenters. The molecule has 2 heterocycles. The van der Waals surface area contributed by atoms with Crippen LogP contribution in [0.25, 0.3) is 16.7 Å². The first-order chi connectivity index (χ1) is 19.8. The number of nitrogens with zero attached hydrogens (tertiary/aromatic N) is 2. The molecule has 1 amide bonds. The van der Waals surface area contributed by atoms with Gasteiger partial charge >= 0.3 is 0 Å². The highest BCUT2D eigenvalue weighted by atomic mass is 16.6. The molecule has 1 aliphatic heterocycles. The Morgan fingerprint density at radius 3 is 2.46 bits per heavy atom. The number of para-hydroxylation sites is 1. The number of hydrogen-bond donors (Lipinski definition) is 2. The molecule has 3 aromatic carbocycles. The van der Waals surface area contributed by atoms with Gasteiger partial charge in [0.15, 0.2) is 11.5 Å². The molecule has 11 nitrogen and oxygen atoms in total. The average Bonchev–Trinajstić information content (AvgIpc) is 3.51. The minimum Gasteiger partial charge on any atom is -0.507 e. The predicted molar refractivity (Wildman–Crippen MR) is 150 cm³/mol. The Kier molecular flexibility index (Phi) is 7.34. The summed E-state index contributed by atoms with van der Waals surface area (Å²) < 4.78 is 15.9. The summed E-state index contributed by atoms with van der Waals surface area (Å²) in [6.07, 6.45) is 2.14. The molecule has 1 aromatic heterocycles. The smallest absolute Gasteiger partial charge is 0.295 e. The third kappa shape index (κ3) is 4.82. The zero-order valence-corrected chi connectivity index (χ0v) is 22.5. The van der Waals surface area contributed by atoms with Crippen molar-refractivity contribution in [3.05, 3.63) is 99.2 Å². The van der Waals surface area contributed by atoms with Crippen LogP contribution in [0.5, 0.6) is 17.2 Å². The van der Waals surface area contributed by atoms with Crippen molar-refractivity contribution in [3.8, 4) is 17.2 Å². The first-order valence-corrected chi connectivity index (χ1v) is 12.7. The normalized spacial score (nSPS) is 16.3. The topological polar surface area (TPSA) is 144 Å². The van der Waals surface area contributed by atoms with Gasteiger partial charge in [0.25, 0.3) is 17.4 Å². The Balaban J connectivity index is 1.62. The lowest BCUT2D eigenvalue weighted by molar-refractivity contribution is -0.385. The molecule has 0 radical (unpaired) electrons. The van der Waals surface area contributed by atoms with Crippen LogP contribution in [0.2, 0.25) is 0 Å². The highest BCUT2D eigenvalue weighted by Crippen LogP contribution is 2.43. The van der Waals surface area contributed by atoms with E-state index < -0.39 is 28.4 Å². The van der Waals surface area contributed by atoms with Crippen LogP contribution < -0.4 is 14.2 Å². The highest BCUT2D eigenvalue weighted by Gasteiger charge is 2.48. The molecule has 0 bridgehead atoms. The number of Topliss-reactive ketones (excluding diaryl/α,β-unsaturated/α-hetero) is 1. The number of ether oxygens (including phenoxy) is 3. The summed E-state index contributed by atoms with van der Waals surface area (Å²) in [4.78, 5) is 42.8. The van der Waals surface area contributed by atoms with E-state index in [1.165, 1.54) is 49.5 Å². The Labute approximate surface area is 234 Å². The maximum atomic E-state index is 13.5. The molecule has 210 valence electrons. The zero-order chi connectivity index (χ0) is 29.3. The van der Waals surface area contributed by atoms with Gasteiger partial charge in [-0.3, -0.25) is 19.7 Å². The fraction of sp³-hybridized carbons (Fsp3) is 0.200. The molecule has 0 spiro atoms. The number of aliphatic hydroxyl groups is 1. The molecule has 1 fully saturated rings. The van der Waals surface area contributed by atoms with Crippen LogP contribution in [0.3, 0.4) is 0 Å². The minimum absolute atomic E-state index is 0.0498. The number of amides is 1. The van der Waals surface area contributed by atoms with Gasteiger partial charge in [-0.1, -0.05) is 12.1 Å². The van der Waals surface area contributed by atoms with Gasteiger partial charge in [0, 0.05) is 35.3 Å². The molecular weight excluding hydrogens is 530 g/mol. The van der Waals surface area contributed by atoms with Gasteiger partial charge in [0.1, 0.15) is 11.5 Å². The molecule has 1 saturated heterocycles. The van der Waals surface area contributed by atoms with Crippen LogP contribution >= 0.6 is 0 Å². The number of H-pyrrole nitrogens is 1. The molecular formula is C30H27N3O8. The second-order valence-corrected chi connectivity index (χ2v) is 9.35. The number of ketones is 1. The lowest BCUT2D eigenvalue weighted by Crippen LogP contribution is -2.32. The summed E-state index contributed by atoms with van der Waals surface area (Å²) in [5.74, 6) is -0.938. The van der Waals surface area contributed by atoms with E-state index in [4.69, 9.17) is 14.2 Å². The number of methoxy groups -OCH3 is 3. The van der Waals surface area contributed by atoms with Crippen molar-refractivity contribution in [1.29, 1.82) is 0 Å². The van der Waals surface area contributed by atoms with Crippen LogP contribution in [-0.2, 0) is 16.0 Å². The van der Waals surface area contributed by atoms with Gasteiger partial charge < -0.3 is 29.2 Å². The Bertz CT molecular complexity index is 1710. The van der Waals surface area contributed by atoms with Crippen molar-refractivity contribution >= 4 is 34.0 Å². The molecule has 2 N–H and O–H groups in total.